The molecule has 1 aromatic heterocycles. The van der Waals surface area contributed by atoms with Gasteiger partial charge in [-0.1, -0.05) is 24.3 Å². The molecule has 0 saturated carbocycles. The molecule has 1 aliphatic heterocycles. The maximum Gasteiger partial charge on any atom is 0.389 e. The van der Waals surface area contributed by atoms with E-state index in [1.165, 1.54) is 36.3 Å². The number of hydrogen-bond donors (Lipinski definition) is 5. The molecule has 0 aliphatic carbocycles. The maximum atomic E-state index is 14.8. The Balaban J connectivity index is 0.00000307. The molecule has 3 aromatic rings. The number of nitrogens with two attached hydrogens (primary N) is 1. The van der Waals surface area contributed by atoms with Crippen LogP contribution in [0.2, 0.25) is 0 Å². The normalized spacial score (nSPS) is 17.2. The van der Waals surface area contributed by atoms with Crippen molar-refractivity contribution in [2.45, 2.75) is 76.2 Å². The number of H-pyrrole nitrogens is 1. The van der Waals surface area contributed by atoms with Crippen molar-refractivity contribution in [2.75, 3.05) is 20.8 Å². The molecule has 0 bridgehead atoms. The number of nitrogens with one attached hydrogen (secondary N) is 3. The molecule has 2 aromatic carbocycles. The number of hydrogen-bond acceptors (Lipinski definition) is 9. The lowest BCUT2D eigenvalue weighted by atomic mass is 9.94. The summed E-state index contributed by atoms with van der Waals surface area (Å²) in [5.41, 5.74) is 7.04. The summed E-state index contributed by atoms with van der Waals surface area (Å²) >= 11 is 0. The van der Waals surface area contributed by atoms with Gasteiger partial charge in [0.25, 0.3) is 5.91 Å². The molecule has 2 heterocycles. The molecule has 6 unspecified atom stereocenters. The van der Waals surface area contributed by atoms with Gasteiger partial charge in [-0.25, -0.2) is 4.52 Å². The highest BCUT2D eigenvalue weighted by molar-refractivity contribution is 7.41. The summed E-state index contributed by atoms with van der Waals surface area (Å²) in [6, 6.07) is 10.2. The zero-order valence-corrected chi connectivity index (χ0v) is 31.8. The summed E-state index contributed by atoms with van der Waals surface area (Å²) in [4.78, 5) is 65.5. The highest BCUT2D eigenvalue weighted by Gasteiger charge is 2.40. The van der Waals surface area contributed by atoms with Crippen LogP contribution in [0.15, 0.2) is 48.5 Å². The third-order valence-electron chi connectivity index (χ3n) is 8.14. The minimum absolute atomic E-state index is 0. The number of likely N-dealkylation sites (tertiary alicyclic amines) is 1. The molecule has 0 radical (unpaired) electrons. The number of aldehydes is 1. The number of alkyl halides is 2. The Morgan fingerprint density at radius 3 is 2.48 bits per heavy atom. The van der Waals surface area contributed by atoms with Crippen LogP contribution in [0.4, 0.5) is 8.78 Å². The van der Waals surface area contributed by atoms with Crippen LogP contribution in [-0.2, 0) is 45.3 Å². The number of carbonyl (C=O) groups is 5. The highest BCUT2D eigenvalue weighted by atomic mass is 31.2. The zero-order chi connectivity index (χ0) is 37.7. The Bertz CT molecular complexity index is 1660. The van der Waals surface area contributed by atoms with E-state index in [0.717, 1.165) is 18.2 Å². The number of aromatic nitrogens is 1. The topological polar surface area (TPSA) is 202 Å². The molecule has 286 valence electrons. The molecule has 6 atom stereocenters. The number of benzene rings is 2. The lowest BCUT2D eigenvalue weighted by Gasteiger charge is -2.28. The third-order valence-corrected chi connectivity index (χ3v) is 9.29. The van der Waals surface area contributed by atoms with Crippen LogP contribution in [0, 0.1) is 0 Å². The lowest BCUT2D eigenvalue weighted by Crippen LogP contribution is -2.47. The number of aromatic amines is 1. The maximum absolute atomic E-state index is 14.8. The Labute approximate surface area is 305 Å². The van der Waals surface area contributed by atoms with E-state index in [2.05, 4.69) is 15.6 Å². The minimum Gasteiger partial charge on any atom is -0.400 e. The summed E-state index contributed by atoms with van der Waals surface area (Å²) in [6.07, 6.45) is -1.33. The fraction of sp³-hybridized carbons (Fsp3) is 0.441. The van der Waals surface area contributed by atoms with E-state index < -0.39 is 56.1 Å². The van der Waals surface area contributed by atoms with Crippen molar-refractivity contribution in [3.05, 3.63) is 70.9 Å². The monoisotopic (exact) mass is 769 g/mol. The number of rotatable bonds is 18. The van der Waals surface area contributed by atoms with E-state index in [1.807, 2.05) is 31.2 Å². The molecular formula is C34H47F2N5O9P2. The average Bonchev–Trinajstić information content (AvgIpc) is 3.75. The first-order valence-corrected chi connectivity index (χ1v) is 17.3. The molecule has 1 aliphatic rings. The van der Waals surface area contributed by atoms with Gasteiger partial charge in [-0.2, -0.15) is 18.7 Å². The molecule has 1 fully saturated rings. The lowest BCUT2D eigenvalue weighted by molar-refractivity contribution is -0.192. The van der Waals surface area contributed by atoms with E-state index >= 15 is 0 Å². The minimum atomic E-state index is -3.70. The van der Waals surface area contributed by atoms with Crippen LogP contribution in [0.5, 0.6) is 0 Å². The van der Waals surface area contributed by atoms with E-state index in [4.69, 9.17) is 24.4 Å². The predicted molar refractivity (Wildman–Crippen MR) is 195 cm³/mol. The number of fused-ring (bicyclic) bond motifs is 1. The van der Waals surface area contributed by atoms with Gasteiger partial charge in [-0.05, 0) is 74.9 Å². The third kappa shape index (κ3) is 11.5. The Morgan fingerprint density at radius 2 is 1.85 bits per heavy atom. The predicted octanol–water partition coefficient (Wildman–Crippen LogP) is 3.78. The SMILES string of the molecule is CCOP(OC)OC(F)(F)c1ccc2[nH]c(C(=O)NC(C)Cc3ccccc3C3CCC(C(=O)NC(C=O)CCC(N)=O)N3C=O)cc2c1.CO.P. The van der Waals surface area contributed by atoms with E-state index in [1.54, 1.807) is 6.92 Å². The first kappa shape index (κ1) is 44.3. The summed E-state index contributed by atoms with van der Waals surface area (Å²) < 4.78 is 44.4. The number of carbonyl (C=O) groups excluding carboxylic acids is 5. The second-order valence-corrected chi connectivity index (χ2v) is 12.9. The number of primary amides is 1. The van der Waals surface area contributed by atoms with Gasteiger partial charge >= 0.3 is 14.7 Å². The second-order valence-electron chi connectivity index (χ2n) is 11.6. The van der Waals surface area contributed by atoms with Gasteiger partial charge < -0.3 is 45.2 Å². The number of amides is 4. The van der Waals surface area contributed by atoms with Crippen LogP contribution >= 0.6 is 18.5 Å². The Hall–Kier alpha value is -3.91. The first-order chi connectivity index (χ1) is 24.4. The summed E-state index contributed by atoms with van der Waals surface area (Å²) in [6.45, 7) is 3.58. The van der Waals surface area contributed by atoms with Crippen LogP contribution < -0.4 is 16.4 Å². The fourth-order valence-corrected chi connectivity index (χ4v) is 6.58. The zero-order valence-electron chi connectivity index (χ0n) is 29.5. The largest absolute Gasteiger partial charge is 0.400 e. The fourth-order valence-electron chi connectivity index (χ4n) is 5.84. The van der Waals surface area contributed by atoms with E-state index in [9.17, 15) is 32.8 Å². The quantitative estimate of drug-likeness (QED) is 0.0943. The van der Waals surface area contributed by atoms with Crippen molar-refractivity contribution < 1.29 is 51.4 Å². The van der Waals surface area contributed by atoms with Crippen LogP contribution in [-0.4, -0.2) is 84.4 Å². The van der Waals surface area contributed by atoms with Crippen LogP contribution in [0.25, 0.3) is 10.9 Å². The first-order valence-electron chi connectivity index (χ1n) is 16.2. The number of aliphatic hydroxyl groups is 1. The van der Waals surface area contributed by atoms with Gasteiger partial charge in [-0.3, -0.25) is 19.2 Å². The molecule has 4 amide bonds. The Morgan fingerprint density at radius 1 is 1.13 bits per heavy atom. The van der Waals surface area contributed by atoms with Gasteiger partial charge in [0.2, 0.25) is 18.2 Å². The molecule has 6 N–H and O–H groups in total. The van der Waals surface area contributed by atoms with E-state index in [0.29, 0.717) is 42.9 Å². The van der Waals surface area contributed by atoms with Gasteiger partial charge in [-0.15, -0.1) is 0 Å². The van der Waals surface area contributed by atoms with Crippen molar-refractivity contribution in [1.29, 1.82) is 0 Å². The van der Waals surface area contributed by atoms with Crippen LogP contribution in [0.1, 0.15) is 72.8 Å². The molecule has 18 heteroatoms. The summed E-state index contributed by atoms with van der Waals surface area (Å²) in [5.74, 6) is -1.54. The van der Waals surface area contributed by atoms with Crippen LogP contribution in [0.3, 0.4) is 0 Å². The van der Waals surface area contributed by atoms with E-state index in [-0.39, 0.29) is 41.1 Å². The van der Waals surface area contributed by atoms with Gasteiger partial charge in [0.1, 0.15) is 18.0 Å². The average molecular weight is 770 g/mol. The van der Waals surface area contributed by atoms with Crippen molar-refractivity contribution in [3.8, 4) is 0 Å². The second kappa shape index (κ2) is 21.0. The smallest absolute Gasteiger partial charge is 0.389 e. The highest BCUT2D eigenvalue weighted by Crippen LogP contribution is 2.48. The standard InChI is InChI=1S/C33H40F2N5O8P.CH4O.H3P/c1-4-47-49(46-3)48-33(34,35)23-9-11-26-22(16-23)17-27(39-26)31(44)37-20(2)15-21-7-5-6-8-25(21)28-12-13-29(40(28)19-42)32(45)38-24(18-41)10-14-30(36)43;1-2;/h5-9,11,16-20,24,28-29,39H,4,10,12-15H2,1-3H3,(H2,36,43)(H,37,44)(H,38,45);2H,1H3;1H3. The molecule has 52 heavy (non-hydrogen) atoms. The van der Waals surface area contributed by atoms with Crippen molar-refractivity contribution >= 4 is 59.8 Å². The Kier molecular flexibility index (Phi) is 17.8. The van der Waals surface area contributed by atoms with Crippen molar-refractivity contribution in [3.63, 3.8) is 0 Å². The number of nitrogens with zero attached hydrogens (tertiary/aromatic N) is 1. The van der Waals surface area contributed by atoms with Gasteiger partial charge in [0.05, 0.1) is 24.3 Å². The molecule has 14 nitrogen and oxygen atoms in total. The molecule has 4 rings (SSSR count). The molecule has 0 spiro atoms. The molecular weight excluding hydrogens is 722 g/mol. The van der Waals surface area contributed by atoms with Gasteiger partial charge in [0, 0.05) is 37.6 Å². The number of halogens is 2. The number of aliphatic hydroxyl groups excluding tert-OH is 1. The summed E-state index contributed by atoms with van der Waals surface area (Å²) in [5, 5.41) is 12.9. The van der Waals surface area contributed by atoms with Crippen molar-refractivity contribution in [1.82, 2.24) is 20.5 Å². The summed E-state index contributed by atoms with van der Waals surface area (Å²) in [7, 11) is -0.0404. The van der Waals surface area contributed by atoms with Gasteiger partial charge in [0.15, 0.2) is 0 Å². The molecule has 1 saturated heterocycles. The van der Waals surface area contributed by atoms with Crippen molar-refractivity contribution in [2.24, 2.45) is 5.73 Å².